The molecule has 0 saturated carbocycles. The van der Waals surface area contributed by atoms with Crippen LogP contribution < -0.4 is 5.32 Å². The van der Waals surface area contributed by atoms with Crippen LogP contribution in [0.15, 0.2) is 24.3 Å². The number of hydrogen-bond acceptors (Lipinski definition) is 1. The van der Waals surface area contributed by atoms with E-state index in [1.807, 2.05) is 0 Å². The maximum Gasteiger partial charge on any atom is 0.0323 e. The van der Waals surface area contributed by atoms with E-state index in [9.17, 15) is 0 Å². The molecule has 2 heteroatoms. The molecule has 1 aromatic carbocycles. The van der Waals surface area contributed by atoms with Gasteiger partial charge in [0.1, 0.15) is 0 Å². The summed E-state index contributed by atoms with van der Waals surface area (Å²) in [6.45, 7) is 3.37. The lowest BCUT2D eigenvalue weighted by molar-refractivity contribution is 0.644. The van der Waals surface area contributed by atoms with Crippen LogP contribution in [0.3, 0.4) is 0 Å². The van der Waals surface area contributed by atoms with Gasteiger partial charge in [-0.2, -0.15) is 0 Å². The molecular formula is C11H16ClN. The fourth-order valence-corrected chi connectivity index (χ4v) is 1.93. The Morgan fingerprint density at radius 2 is 2.08 bits per heavy atom. The monoisotopic (exact) mass is 197 g/mol. The summed E-state index contributed by atoms with van der Waals surface area (Å²) in [6, 6.07) is 9.27. The van der Waals surface area contributed by atoms with Gasteiger partial charge in [-0.15, -0.1) is 12.4 Å². The molecule has 1 aromatic rings. The number of halogens is 1. The second-order valence-electron chi connectivity index (χ2n) is 3.51. The second-order valence-corrected chi connectivity index (χ2v) is 3.51. The largest absolute Gasteiger partial charge is 0.310 e. The van der Waals surface area contributed by atoms with E-state index in [4.69, 9.17) is 0 Å². The molecule has 1 fully saturated rings. The van der Waals surface area contributed by atoms with Gasteiger partial charge in [0.25, 0.3) is 0 Å². The molecule has 0 aromatic heterocycles. The SMILES string of the molecule is Cc1ccccc1C1CCCN1.Cl. The molecular weight excluding hydrogens is 182 g/mol. The summed E-state index contributed by atoms with van der Waals surface area (Å²) < 4.78 is 0. The van der Waals surface area contributed by atoms with E-state index in [1.165, 1.54) is 30.5 Å². The molecule has 0 aliphatic carbocycles. The van der Waals surface area contributed by atoms with Crippen LogP contribution in [-0.4, -0.2) is 6.54 Å². The van der Waals surface area contributed by atoms with E-state index >= 15 is 0 Å². The van der Waals surface area contributed by atoms with E-state index in [-0.39, 0.29) is 12.4 Å². The van der Waals surface area contributed by atoms with Crippen LogP contribution in [0.1, 0.15) is 30.0 Å². The van der Waals surface area contributed by atoms with Crippen molar-refractivity contribution in [2.45, 2.75) is 25.8 Å². The molecule has 72 valence electrons. The molecule has 0 bridgehead atoms. The Bertz CT molecular complexity index is 267. The van der Waals surface area contributed by atoms with Gasteiger partial charge in [-0.3, -0.25) is 0 Å². The molecule has 0 spiro atoms. The van der Waals surface area contributed by atoms with E-state index in [0.717, 1.165) is 0 Å². The molecule has 0 radical (unpaired) electrons. The minimum atomic E-state index is 0. The van der Waals surface area contributed by atoms with Crippen molar-refractivity contribution in [1.82, 2.24) is 5.32 Å². The van der Waals surface area contributed by atoms with Crippen molar-refractivity contribution in [2.75, 3.05) is 6.54 Å². The lowest BCUT2D eigenvalue weighted by Gasteiger charge is -2.12. The first-order chi connectivity index (χ1) is 5.88. The molecule has 2 rings (SSSR count). The van der Waals surface area contributed by atoms with Crippen molar-refractivity contribution in [2.24, 2.45) is 0 Å². The average molecular weight is 198 g/mol. The minimum absolute atomic E-state index is 0. The van der Waals surface area contributed by atoms with Crippen molar-refractivity contribution >= 4 is 12.4 Å². The highest BCUT2D eigenvalue weighted by atomic mass is 35.5. The topological polar surface area (TPSA) is 12.0 Å². The Morgan fingerprint density at radius 3 is 2.69 bits per heavy atom. The van der Waals surface area contributed by atoms with Gasteiger partial charge in [-0.05, 0) is 37.4 Å². The lowest BCUT2D eigenvalue weighted by Crippen LogP contribution is -2.13. The first-order valence-corrected chi connectivity index (χ1v) is 4.67. The smallest absolute Gasteiger partial charge is 0.0323 e. The summed E-state index contributed by atoms with van der Waals surface area (Å²) in [6.07, 6.45) is 2.61. The van der Waals surface area contributed by atoms with Gasteiger partial charge in [0.2, 0.25) is 0 Å². The number of nitrogens with one attached hydrogen (secondary N) is 1. The Hall–Kier alpha value is -0.530. The molecule has 1 unspecified atom stereocenters. The molecule has 0 amide bonds. The van der Waals surface area contributed by atoms with E-state index in [2.05, 4.69) is 36.5 Å². The third kappa shape index (κ3) is 2.23. The van der Waals surface area contributed by atoms with Crippen molar-refractivity contribution < 1.29 is 0 Å². The minimum Gasteiger partial charge on any atom is -0.310 e. The highest BCUT2D eigenvalue weighted by Gasteiger charge is 2.16. The van der Waals surface area contributed by atoms with Crippen LogP contribution in [0.2, 0.25) is 0 Å². The van der Waals surface area contributed by atoms with Crippen molar-refractivity contribution in [1.29, 1.82) is 0 Å². The predicted molar refractivity (Wildman–Crippen MR) is 58.4 cm³/mol. The second kappa shape index (κ2) is 4.64. The quantitative estimate of drug-likeness (QED) is 0.730. The Balaban J connectivity index is 0.000000845. The zero-order valence-corrected chi connectivity index (χ0v) is 8.73. The van der Waals surface area contributed by atoms with Crippen molar-refractivity contribution in [3.63, 3.8) is 0 Å². The van der Waals surface area contributed by atoms with Gasteiger partial charge in [0.05, 0.1) is 0 Å². The molecule has 1 saturated heterocycles. The first kappa shape index (κ1) is 10.6. The van der Waals surface area contributed by atoms with Crippen LogP contribution in [0, 0.1) is 6.92 Å². The standard InChI is InChI=1S/C11H15N.ClH/c1-9-5-2-3-6-10(9)11-7-4-8-12-11;/h2-3,5-6,11-12H,4,7-8H2,1H3;1H. The summed E-state index contributed by atoms with van der Waals surface area (Å²) >= 11 is 0. The Morgan fingerprint density at radius 1 is 1.31 bits per heavy atom. The van der Waals surface area contributed by atoms with Crippen molar-refractivity contribution in [3.8, 4) is 0 Å². The van der Waals surface area contributed by atoms with Gasteiger partial charge in [-0.25, -0.2) is 0 Å². The van der Waals surface area contributed by atoms with Crippen LogP contribution >= 0.6 is 12.4 Å². The summed E-state index contributed by atoms with van der Waals surface area (Å²) in [5, 5.41) is 3.51. The number of aryl methyl sites for hydroxylation is 1. The maximum absolute atomic E-state index is 3.51. The van der Waals surface area contributed by atoms with Crippen LogP contribution in [-0.2, 0) is 0 Å². The molecule has 1 aliphatic rings. The third-order valence-corrected chi connectivity index (χ3v) is 2.62. The van der Waals surface area contributed by atoms with E-state index in [1.54, 1.807) is 0 Å². The van der Waals surface area contributed by atoms with Crippen LogP contribution in [0.5, 0.6) is 0 Å². The molecule has 1 N–H and O–H groups in total. The molecule has 13 heavy (non-hydrogen) atoms. The van der Waals surface area contributed by atoms with Crippen LogP contribution in [0.25, 0.3) is 0 Å². The lowest BCUT2D eigenvalue weighted by atomic mass is 10.0. The van der Waals surface area contributed by atoms with Gasteiger partial charge >= 0.3 is 0 Å². The van der Waals surface area contributed by atoms with Gasteiger partial charge < -0.3 is 5.32 Å². The number of rotatable bonds is 1. The third-order valence-electron chi connectivity index (χ3n) is 2.62. The zero-order chi connectivity index (χ0) is 8.39. The predicted octanol–water partition coefficient (Wildman–Crippen LogP) is 2.84. The summed E-state index contributed by atoms with van der Waals surface area (Å²) in [7, 11) is 0. The maximum atomic E-state index is 3.51. The van der Waals surface area contributed by atoms with E-state index < -0.39 is 0 Å². The molecule has 1 nitrogen and oxygen atoms in total. The highest BCUT2D eigenvalue weighted by molar-refractivity contribution is 5.85. The zero-order valence-electron chi connectivity index (χ0n) is 7.92. The average Bonchev–Trinajstić information content (AvgIpc) is 2.57. The van der Waals surface area contributed by atoms with Crippen LogP contribution in [0.4, 0.5) is 0 Å². The summed E-state index contributed by atoms with van der Waals surface area (Å²) in [5.74, 6) is 0. The summed E-state index contributed by atoms with van der Waals surface area (Å²) in [4.78, 5) is 0. The number of benzene rings is 1. The fraction of sp³-hybridized carbons (Fsp3) is 0.455. The normalized spacial score (nSPS) is 21.2. The number of hydrogen-bond donors (Lipinski definition) is 1. The van der Waals surface area contributed by atoms with Gasteiger partial charge in [0.15, 0.2) is 0 Å². The molecule has 1 heterocycles. The first-order valence-electron chi connectivity index (χ1n) is 4.67. The summed E-state index contributed by atoms with van der Waals surface area (Å²) in [5.41, 5.74) is 2.90. The Labute approximate surface area is 86.0 Å². The molecule has 1 aliphatic heterocycles. The van der Waals surface area contributed by atoms with E-state index in [0.29, 0.717) is 6.04 Å². The Kier molecular flexibility index (Phi) is 3.76. The fourth-order valence-electron chi connectivity index (χ4n) is 1.93. The van der Waals surface area contributed by atoms with Gasteiger partial charge in [0, 0.05) is 6.04 Å². The highest BCUT2D eigenvalue weighted by Crippen LogP contribution is 2.24. The van der Waals surface area contributed by atoms with Gasteiger partial charge in [-0.1, -0.05) is 24.3 Å². The van der Waals surface area contributed by atoms with Crippen molar-refractivity contribution in [3.05, 3.63) is 35.4 Å². The molecule has 1 atom stereocenters.